The van der Waals surface area contributed by atoms with Crippen molar-refractivity contribution in [1.29, 1.82) is 0 Å². The lowest BCUT2D eigenvalue weighted by Gasteiger charge is -2.30. The first kappa shape index (κ1) is 25.3. The van der Waals surface area contributed by atoms with Gasteiger partial charge >= 0.3 is 0 Å². The topological polar surface area (TPSA) is 69.7 Å². The van der Waals surface area contributed by atoms with E-state index < -0.39 is 15.9 Å². The van der Waals surface area contributed by atoms with E-state index in [2.05, 4.69) is 24.1 Å². The number of nitrogens with one attached hydrogen (secondary N) is 1. The maximum absolute atomic E-state index is 13.0. The van der Waals surface area contributed by atoms with Gasteiger partial charge in [0.05, 0.1) is 21.5 Å². The van der Waals surface area contributed by atoms with Crippen molar-refractivity contribution < 1.29 is 13.2 Å². The van der Waals surface area contributed by atoms with E-state index in [4.69, 9.17) is 11.6 Å². The van der Waals surface area contributed by atoms with Crippen molar-refractivity contribution in [2.24, 2.45) is 0 Å². The molecule has 170 valence electrons. The Balaban J connectivity index is 2.28. The van der Waals surface area contributed by atoms with E-state index >= 15 is 0 Å². The molecule has 0 aromatic heterocycles. The zero-order chi connectivity index (χ0) is 23.2. The van der Waals surface area contributed by atoms with Crippen LogP contribution in [0.4, 0.5) is 0 Å². The lowest BCUT2D eigenvalue weighted by atomic mass is 10.0. The average Bonchev–Trinajstić information content (AvgIpc) is 2.76. The Labute approximate surface area is 191 Å². The van der Waals surface area contributed by atoms with Crippen LogP contribution in [0.5, 0.6) is 0 Å². The van der Waals surface area contributed by atoms with Crippen LogP contribution in [0, 0.1) is 0 Å². The number of likely N-dealkylation sites (N-methyl/N-ethyl adjacent to an activating group) is 1. The van der Waals surface area contributed by atoms with Crippen molar-refractivity contribution in [3.8, 4) is 0 Å². The third kappa shape index (κ3) is 6.07. The fourth-order valence-electron chi connectivity index (χ4n) is 3.36. The highest BCUT2D eigenvalue weighted by atomic mass is 35.5. The summed E-state index contributed by atoms with van der Waals surface area (Å²) in [7, 11) is -2.20. The summed E-state index contributed by atoms with van der Waals surface area (Å²) < 4.78 is 26.9. The van der Waals surface area contributed by atoms with Crippen molar-refractivity contribution in [1.82, 2.24) is 14.5 Å². The normalized spacial score (nSPS) is 13.1. The number of benzene rings is 2. The molecule has 8 heteroatoms. The first-order valence-electron chi connectivity index (χ1n) is 10.5. The molecule has 0 spiro atoms. The Morgan fingerprint density at radius 2 is 1.68 bits per heavy atom. The fraction of sp³-hybridized carbons (Fsp3) is 0.435. The molecule has 1 atom stereocenters. The van der Waals surface area contributed by atoms with Gasteiger partial charge < -0.3 is 5.32 Å². The summed E-state index contributed by atoms with van der Waals surface area (Å²) >= 11 is 6.25. The number of rotatable bonds is 10. The molecule has 0 saturated heterocycles. The monoisotopic (exact) mass is 465 g/mol. The van der Waals surface area contributed by atoms with Gasteiger partial charge in [0, 0.05) is 19.6 Å². The van der Waals surface area contributed by atoms with Crippen molar-refractivity contribution in [3.05, 3.63) is 64.7 Å². The van der Waals surface area contributed by atoms with Gasteiger partial charge in [0.15, 0.2) is 0 Å². The van der Waals surface area contributed by atoms with Crippen LogP contribution >= 0.6 is 11.6 Å². The van der Waals surface area contributed by atoms with Gasteiger partial charge in [-0.05, 0) is 50.7 Å². The van der Waals surface area contributed by atoms with E-state index in [1.165, 1.54) is 29.6 Å². The zero-order valence-corrected chi connectivity index (χ0v) is 20.4. The van der Waals surface area contributed by atoms with Crippen molar-refractivity contribution in [2.75, 3.05) is 26.7 Å². The summed E-state index contributed by atoms with van der Waals surface area (Å²) in [6, 6.07) is 14.0. The fourth-order valence-corrected chi connectivity index (χ4v) is 4.96. The second-order valence-corrected chi connectivity index (χ2v) is 10.0. The van der Waals surface area contributed by atoms with Crippen LogP contribution in [-0.2, 0) is 10.0 Å². The van der Waals surface area contributed by atoms with Crippen LogP contribution < -0.4 is 5.32 Å². The van der Waals surface area contributed by atoms with E-state index in [0.29, 0.717) is 6.54 Å². The minimum absolute atomic E-state index is 0.00193. The molecule has 0 saturated carbocycles. The van der Waals surface area contributed by atoms with Gasteiger partial charge in [-0.15, -0.1) is 0 Å². The summed E-state index contributed by atoms with van der Waals surface area (Å²) in [6.07, 6.45) is 0. The summed E-state index contributed by atoms with van der Waals surface area (Å²) in [6.45, 7) is 9.79. The number of nitrogens with zero attached hydrogens (tertiary/aromatic N) is 2. The SMILES string of the molecule is CCN(CC)C(CNC(=O)c1cc(S(=O)(=O)N(C)C(C)C)ccc1Cl)c1ccccc1. The van der Waals surface area contributed by atoms with Gasteiger partial charge in [-0.2, -0.15) is 4.31 Å². The molecular weight excluding hydrogens is 434 g/mol. The summed E-state index contributed by atoms with van der Waals surface area (Å²) in [5.41, 5.74) is 1.25. The largest absolute Gasteiger partial charge is 0.350 e. The number of amides is 1. The summed E-state index contributed by atoms with van der Waals surface area (Å²) in [5.74, 6) is -0.401. The lowest BCUT2D eigenvalue weighted by molar-refractivity contribution is 0.0935. The summed E-state index contributed by atoms with van der Waals surface area (Å²) in [5, 5.41) is 3.16. The van der Waals surface area contributed by atoms with Crippen LogP contribution in [-0.4, -0.2) is 56.3 Å². The van der Waals surface area contributed by atoms with Gasteiger partial charge in [0.2, 0.25) is 10.0 Å². The average molecular weight is 466 g/mol. The Hall–Kier alpha value is -1.93. The molecule has 0 fully saturated rings. The molecule has 2 rings (SSSR count). The zero-order valence-electron chi connectivity index (χ0n) is 18.8. The van der Waals surface area contributed by atoms with Crippen LogP contribution in [0.3, 0.4) is 0 Å². The minimum atomic E-state index is -3.72. The van der Waals surface area contributed by atoms with Crippen LogP contribution in [0.15, 0.2) is 53.4 Å². The Morgan fingerprint density at radius 3 is 2.23 bits per heavy atom. The van der Waals surface area contributed by atoms with Gasteiger partial charge in [-0.3, -0.25) is 9.69 Å². The minimum Gasteiger partial charge on any atom is -0.350 e. The molecule has 6 nitrogen and oxygen atoms in total. The maximum atomic E-state index is 13.0. The highest BCUT2D eigenvalue weighted by Gasteiger charge is 2.25. The molecule has 2 aromatic carbocycles. The smallest absolute Gasteiger partial charge is 0.252 e. The molecule has 2 aromatic rings. The first-order valence-corrected chi connectivity index (χ1v) is 12.3. The van der Waals surface area contributed by atoms with Gasteiger partial charge in [0.1, 0.15) is 0 Å². The summed E-state index contributed by atoms with van der Waals surface area (Å²) in [4.78, 5) is 15.3. The van der Waals surface area contributed by atoms with Crippen LogP contribution in [0.25, 0.3) is 0 Å². The Morgan fingerprint density at radius 1 is 1.06 bits per heavy atom. The van der Waals surface area contributed by atoms with Crippen molar-refractivity contribution >= 4 is 27.5 Å². The van der Waals surface area contributed by atoms with E-state index in [1.54, 1.807) is 13.8 Å². The molecule has 1 N–H and O–H groups in total. The molecular formula is C23H32ClN3O3S. The molecule has 1 amide bonds. The van der Waals surface area contributed by atoms with Gasteiger partial charge in [0.25, 0.3) is 5.91 Å². The predicted molar refractivity (Wildman–Crippen MR) is 126 cm³/mol. The lowest BCUT2D eigenvalue weighted by Crippen LogP contribution is -2.38. The second kappa shape index (κ2) is 11.1. The van der Waals surface area contributed by atoms with Crippen molar-refractivity contribution in [2.45, 2.75) is 44.7 Å². The van der Waals surface area contributed by atoms with E-state index in [9.17, 15) is 13.2 Å². The second-order valence-electron chi connectivity index (χ2n) is 7.61. The van der Waals surface area contributed by atoms with E-state index in [-0.39, 0.29) is 27.6 Å². The number of hydrogen-bond donors (Lipinski definition) is 1. The van der Waals surface area contributed by atoms with E-state index in [1.807, 2.05) is 30.3 Å². The molecule has 0 aliphatic carbocycles. The number of halogens is 1. The molecule has 0 aliphatic rings. The third-order valence-electron chi connectivity index (χ3n) is 5.48. The molecule has 1 unspecified atom stereocenters. The third-order valence-corrected chi connectivity index (χ3v) is 7.84. The number of sulfonamides is 1. The number of carbonyl (C=O) groups is 1. The Bertz CT molecular complexity index is 977. The number of hydrogen-bond acceptors (Lipinski definition) is 4. The standard InChI is InChI=1S/C23H32ClN3O3S/c1-6-27(7-2)22(18-11-9-8-10-12-18)16-25-23(28)20-15-19(13-14-21(20)24)31(29,30)26(5)17(3)4/h8-15,17,22H,6-7,16H2,1-5H3,(H,25,28). The van der Waals surface area contributed by atoms with Crippen LogP contribution in [0.2, 0.25) is 5.02 Å². The number of carbonyl (C=O) groups excluding carboxylic acids is 1. The molecule has 31 heavy (non-hydrogen) atoms. The molecule has 0 aliphatic heterocycles. The van der Waals surface area contributed by atoms with Gasteiger partial charge in [-0.1, -0.05) is 55.8 Å². The molecule has 0 heterocycles. The predicted octanol–water partition coefficient (Wildman–Crippen LogP) is 4.18. The molecule has 0 radical (unpaired) electrons. The van der Waals surface area contributed by atoms with E-state index in [0.717, 1.165) is 18.7 Å². The first-order chi connectivity index (χ1) is 14.6. The quantitative estimate of drug-likeness (QED) is 0.571. The highest BCUT2D eigenvalue weighted by Crippen LogP contribution is 2.24. The van der Waals surface area contributed by atoms with Crippen LogP contribution in [0.1, 0.15) is 49.7 Å². The van der Waals surface area contributed by atoms with Crippen molar-refractivity contribution in [3.63, 3.8) is 0 Å². The highest BCUT2D eigenvalue weighted by molar-refractivity contribution is 7.89. The van der Waals surface area contributed by atoms with Gasteiger partial charge in [-0.25, -0.2) is 8.42 Å². The molecule has 0 bridgehead atoms. The maximum Gasteiger partial charge on any atom is 0.252 e. The Kier molecular flexibility index (Phi) is 9.06.